The fourth-order valence-electron chi connectivity index (χ4n) is 2.78. The predicted molar refractivity (Wildman–Crippen MR) is 73.4 cm³/mol. The van der Waals surface area contributed by atoms with Crippen molar-refractivity contribution < 1.29 is 4.79 Å². The number of hydrogen-bond acceptors (Lipinski definition) is 3. The van der Waals surface area contributed by atoms with Crippen molar-refractivity contribution in [3.05, 3.63) is 0 Å². The molecule has 2 aliphatic rings. The number of likely N-dealkylation sites (tertiary alicyclic amines) is 1. The lowest BCUT2D eigenvalue weighted by Gasteiger charge is -2.37. The van der Waals surface area contributed by atoms with Gasteiger partial charge >= 0.3 is 0 Å². The van der Waals surface area contributed by atoms with E-state index in [1.807, 2.05) is 27.0 Å². The molecule has 0 aromatic heterocycles. The third kappa shape index (κ3) is 2.74. The summed E-state index contributed by atoms with van der Waals surface area (Å²) in [4.78, 5) is 14.7. The molecular weight excluding hydrogens is 226 g/mol. The van der Waals surface area contributed by atoms with Crippen molar-refractivity contribution in [2.45, 2.75) is 46.1 Å². The van der Waals surface area contributed by atoms with Crippen LogP contribution in [0.4, 0.5) is 0 Å². The normalized spacial score (nSPS) is 26.9. The monoisotopic (exact) mass is 251 g/mol. The van der Waals surface area contributed by atoms with Crippen molar-refractivity contribution in [1.29, 1.82) is 0 Å². The van der Waals surface area contributed by atoms with E-state index in [0.29, 0.717) is 12.0 Å². The smallest absolute Gasteiger partial charge is 0.248 e. The van der Waals surface area contributed by atoms with Crippen LogP contribution in [0.25, 0.3) is 0 Å². The Morgan fingerprint density at radius 2 is 1.89 bits per heavy atom. The van der Waals surface area contributed by atoms with Gasteiger partial charge in [0.15, 0.2) is 0 Å². The summed E-state index contributed by atoms with van der Waals surface area (Å²) in [5, 5.41) is 6.08. The Morgan fingerprint density at radius 1 is 1.28 bits per heavy atom. The SMILES string of the molecule is CN1CCC(C2CC=NN2C(=O)C(C)(C)C)CC1. The van der Waals surface area contributed by atoms with Crippen molar-refractivity contribution in [1.82, 2.24) is 9.91 Å². The molecule has 0 spiro atoms. The summed E-state index contributed by atoms with van der Waals surface area (Å²) in [5.41, 5.74) is -0.342. The van der Waals surface area contributed by atoms with E-state index in [1.54, 1.807) is 5.01 Å². The first-order valence-electron chi connectivity index (χ1n) is 6.94. The maximum atomic E-state index is 12.4. The van der Waals surface area contributed by atoms with Gasteiger partial charge in [-0.1, -0.05) is 20.8 Å². The fourth-order valence-corrected chi connectivity index (χ4v) is 2.78. The lowest BCUT2D eigenvalue weighted by Crippen LogP contribution is -2.46. The van der Waals surface area contributed by atoms with Crippen LogP contribution in [0.15, 0.2) is 5.10 Å². The van der Waals surface area contributed by atoms with E-state index in [9.17, 15) is 4.79 Å². The lowest BCUT2D eigenvalue weighted by atomic mass is 9.86. The Labute approximate surface area is 110 Å². The van der Waals surface area contributed by atoms with Gasteiger partial charge in [-0.3, -0.25) is 4.79 Å². The second-order valence-electron chi connectivity index (χ2n) is 6.64. The number of carbonyl (C=O) groups is 1. The van der Waals surface area contributed by atoms with Crippen LogP contribution in [0.2, 0.25) is 0 Å². The fraction of sp³-hybridized carbons (Fsp3) is 0.857. The minimum Gasteiger partial charge on any atom is -0.306 e. The maximum Gasteiger partial charge on any atom is 0.248 e. The summed E-state index contributed by atoms with van der Waals surface area (Å²) in [6.45, 7) is 8.18. The topological polar surface area (TPSA) is 35.9 Å². The summed E-state index contributed by atoms with van der Waals surface area (Å²) < 4.78 is 0. The van der Waals surface area contributed by atoms with Gasteiger partial charge in [0.2, 0.25) is 5.91 Å². The van der Waals surface area contributed by atoms with E-state index >= 15 is 0 Å². The Balaban J connectivity index is 2.03. The highest BCUT2D eigenvalue weighted by molar-refractivity contribution is 5.83. The minimum atomic E-state index is -0.342. The predicted octanol–water partition coefficient (Wildman–Crippen LogP) is 1.96. The number of carbonyl (C=O) groups excluding carboxylic acids is 1. The molecule has 2 rings (SSSR count). The maximum absolute atomic E-state index is 12.4. The number of amides is 1. The first-order chi connectivity index (χ1) is 8.39. The van der Waals surface area contributed by atoms with Crippen molar-refractivity contribution in [3.63, 3.8) is 0 Å². The average Bonchev–Trinajstić information content (AvgIpc) is 2.76. The number of nitrogens with zero attached hydrogens (tertiary/aromatic N) is 3. The van der Waals surface area contributed by atoms with E-state index in [1.165, 1.54) is 12.8 Å². The van der Waals surface area contributed by atoms with Crippen molar-refractivity contribution in [2.24, 2.45) is 16.4 Å². The Hall–Kier alpha value is -0.900. The van der Waals surface area contributed by atoms with Crippen LogP contribution in [0.3, 0.4) is 0 Å². The molecule has 0 radical (unpaired) electrons. The Morgan fingerprint density at radius 3 is 2.44 bits per heavy atom. The number of rotatable bonds is 1. The molecule has 1 fully saturated rings. The van der Waals surface area contributed by atoms with E-state index in [4.69, 9.17) is 0 Å². The third-order valence-electron chi connectivity index (χ3n) is 4.02. The van der Waals surface area contributed by atoms with E-state index in [-0.39, 0.29) is 11.3 Å². The van der Waals surface area contributed by atoms with Crippen LogP contribution in [0, 0.1) is 11.3 Å². The van der Waals surface area contributed by atoms with Crippen LogP contribution in [0.1, 0.15) is 40.0 Å². The van der Waals surface area contributed by atoms with Gasteiger partial charge in [0.05, 0.1) is 6.04 Å². The summed E-state index contributed by atoms with van der Waals surface area (Å²) in [6.07, 6.45) is 5.19. The standard InChI is InChI=1S/C14H25N3O/c1-14(2,3)13(18)17-12(5-8-15-17)11-6-9-16(4)10-7-11/h8,11-12H,5-7,9-10H2,1-4H3. The Kier molecular flexibility index (Phi) is 3.76. The molecule has 2 aliphatic heterocycles. The van der Waals surface area contributed by atoms with Crippen LogP contribution in [-0.2, 0) is 4.79 Å². The van der Waals surface area contributed by atoms with Gasteiger partial charge in [0.25, 0.3) is 0 Å². The zero-order valence-electron chi connectivity index (χ0n) is 12.0. The zero-order valence-corrected chi connectivity index (χ0v) is 12.0. The molecule has 102 valence electrons. The first kappa shape index (κ1) is 13.5. The van der Waals surface area contributed by atoms with Gasteiger partial charge in [-0.25, -0.2) is 5.01 Å². The molecule has 0 aliphatic carbocycles. The van der Waals surface area contributed by atoms with Gasteiger partial charge in [-0.2, -0.15) is 5.10 Å². The van der Waals surface area contributed by atoms with Gasteiger partial charge < -0.3 is 4.90 Å². The van der Waals surface area contributed by atoms with E-state index in [2.05, 4.69) is 17.0 Å². The van der Waals surface area contributed by atoms with E-state index < -0.39 is 0 Å². The van der Waals surface area contributed by atoms with Crippen LogP contribution >= 0.6 is 0 Å². The van der Waals surface area contributed by atoms with E-state index in [0.717, 1.165) is 19.5 Å². The molecule has 0 aromatic carbocycles. The van der Waals surface area contributed by atoms with Crippen LogP contribution in [-0.4, -0.2) is 48.2 Å². The largest absolute Gasteiger partial charge is 0.306 e. The minimum absolute atomic E-state index is 0.153. The van der Waals surface area contributed by atoms with Gasteiger partial charge in [0, 0.05) is 18.1 Å². The molecule has 0 saturated carbocycles. The highest BCUT2D eigenvalue weighted by Crippen LogP contribution is 2.31. The second kappa shape index (κ2) is 5.00. The third-order valence-corrected chi connectivity index (χ3v) is 4.02. The summed E-state index contributed by atoms with van der Waals surface area (Å²) >= 11 is 0. The molecule has 1 amide bonds. The number of piperidine rings is 1. The van der Waals surface area contributed by atoms with Crippen molar-refractivity contribution in [3.8, 4) is 0 Å². The highest BCUT2D eigenvalue weighted by Gasteiger charge is 2.38. The van der Waals surface area contributed by atoms with Gasteiger partial charge in [-0.15, -0.1) is 0 Å². The molecule has 1 unspecified atom stereocenters. The molecule has 1 saturated heterocycles. The number of hydrazone groups is 1. The molecule has 2 heterocycles. The second-order valence-corrected chi connectivity index (χ2v) is 6.64. The molecule has 0 N–H and O–H groups in total. The van der Waals surface area contributed by atoms with Gasteiger partial charge in [-0.05, 0) is 38.9 Å². The van der Waals surface area contributed by atoms with Gasteiger partial charge in [0.1, 0.15) is 0 Å². The average molecular weight is 251 g/mol. The highest BCUT2D eigenvalue weighted by atomic mass is 16.2. The molecule has 4 heteroatoms. The van der Waals surface area contributed by atoms with Crippen molar-refractivity contribution in [2.75, 3.05) is 20.1 Å². The lowest BCUT2D eigenvalue weighted by molar-refractivity contribution is -0.142. The van der Waals surface area contributed by atoms with Crippen molar-refractivity contribution >= 4 is 12.1 Å². The molecule has 18 heavy (non-hydrogen) atoms. The molecule has 0 bridgehead atoms. The molecule has 4 nitrogen and oxygen atoms in total. The molecule has 1 atom stereocenters. The summed E-state index contributed by atoms with van der Waals surface area (Å²) in [5.74, 6) is 0.759. The summed E-state index contributed by atoms with van der Waals surface area (Å²) in [6, 6.07) is 0.297. The summed E-state index contributed by atoms with van der Waals surface area (Å²) in [7, 11) is 2.17. The first-order valence-corrected chi connectivity index (χ1v) is 6.94. The zero-order chi connectivity index (χ0) is 13.3. The van der Waals surface area contributed by atoms with Crippen LogP contribution < -0.4 is 0 Å². The molecular formula is C14H25N3O. The van der Waals surface area contributed by atoms with Crippen LogP contribution in [0.5, 0.6) is 0 Å². The number of hydrogen-bond donors (Lipinski definition) is 0. The molecule has 0 aromatic rings. The Bertz CT molecular complexity index is 337. The quantitative estimate of drug-likeness (QED) is 0.714.